The number of amides is 2. The van der Waals surface area contributed by atoms with Crippen molar-refractivity contribution in [3.8, 4) is 0 Å². The first-order valence-corrected chi connectivity index (χ1v) is 10.2. The van der Waals surface area contributed by atoms with E-state index >= 15 is 0 Å². The van der Waals surface area contributed by atoms with Gasteiger partial charge in [-0.3, -0.25) is 14.5 Å². The summed E-state index contributed by atoms with van der Waals surface area (Å²) in [7, 11) is 0. The number of nitrogens with one attached hydrogen (secondary N) is 2. The van der Waals surface area contributed by atoms with Gasteiger partial charge in [-0.05, 0) is 61.2 Å². The molecule has 152 valence electrons. The number of anilines is 1. The van der Waals surface area contributed by atoms with Crippen molar-refractivity contribution in [3.63, 3.8) is 0 Å². The molecule has 2 amide bonds. The Hall–Kier alpha value is -2.92. The summed E-state index contributed by atoms with van der Waals surface area (Å²) in [5.41, 5.74) is 3.45. The lowest BCUT2D eigenvalue weighted by molar-refractivity contribution is -0.117. The van der Waals surface area contributed by atoms with E-state index in [2.05, 4.69) is 64.6 Å². The molecule has 0 aliphatic carbocycles. The van der Waals surface area contributed by atoms with Crippen LogP contribution in [0.2, 0.25) is 0 Å². The standard InChI is InChI=1S/C24H29N3O2/c1-2-23(28)25-14-11-24(29)26-22-10-6-9-21(17-22)20-12-15-27(16-13-20)18-19-7-4-3-5-8-19/h2-10,17,20H,1,11-16,18H2,(H,25,28)(H,26,29). The van der Waals surface area contributed by atoms with Crippen LogP contribution in [0.25, 0.3) is 0 Å². The van der Waals surface area contributed by atoms with Crippen molar-refractivity contribution < 1.29 is 9.59 Å². The summed E-state index contributed by atoms with van der Waals surface area (Å²) in [4.78, 5) is 25.7. The Balaban J connectivity index is 1.47. The van der Waals surface area contributed by atoms with Gasteiger partial charge in [0.25, 0.3) is 0 Å². The molecule has 0 unspecified atom stereocenters. The van der Waals surface area contributed by atoms with Crippen LogP contribution in [-0.2, 0) is 16.1 Å². The molecule has 5 nitrogen and oxygen atoms in total. The Morgan fingerprint density at radius 2 is 1.83 bits per heavy atom. The zero-order valence-electron chi connectivity index (χ0n) is 16.8. The fourth-order valence-electron chi connectivity index (χ4n) is 3.73. The van der Waals surface area contributed by atoms with Crippen molar-refractivity contribution >= 4 is 17.5 Å². The highest BCUT2D eigenvalue weighted by atomic mass is 16.2. The minimum absolute atomic E-state index is 0.107. The third-order valence-electron chi connectivity index (χ3n) is 5.32. The van der Waals surface area contributed by atoms with Gasteiger partial charge in [0.05, 0.1) is 0 Å². The molecule has 2 aromatic carbocycles. The number of carbonyl (C=O) groups excluding carboxylic acids is 2. The molecule has 2 N–H and O–H groups in total. The molecule has 0 spiro atoms. The molecule has 0 aromatic heterocycles. The average Bonchev–Trinajstić information content (AvgIpc) is 2.75. The summed E-state index contributed by atoms with van der Waals surface area (Å²) < 4.78 is 0. The van der Waals surface area contributed by atoms with Gasteiger partial charge in [-0.1, -0.05) is 49.0 Å². The molecule has 29 heavy (non-hydrogen) atoms. The highest BCUT2D eigenvalue weighted by Crippen LogP contribution is 2.30. The quantitative estimate of drug-likeness (QED) is 0.675. The lowest BCUT2D eigenvalue weighted by Gasteiger charge is -2.32. The Morgan fingerprint density at radius 3 is 2.55 bits per heavy atom. The van der Waals surface area contributed by atoms with Crippen molar-refractivity contribution in [2.75, 3.05) is 25.0 Å². The fraction of sp³-hybridized carbons (Fsp3) is 0.333. The fourth-order valence-corrected chi connectivity index (χ4v) is 3.73. The summed E-state index contributed by atoms with van der Waals surface area (Å²) in [6.45, 7) is 6.86. The Kier molecular flexibility index (Phi) is 7.59. The molecular formula is C24H29N3O2. The lowest BCUT2D eigenvalue weighted by atomic mass is 9.89. The molecule has 2 aromatic rings. The van der Waals surface area contributed by atoms with Gasteiger partial charge >= 0.3 is 0 Å². The Bertz CT molecular complexity index is 827. The first-order valence-electron chi connectivity index (χ1n) is 10.2. The van der Waals surface area contributed by atoms with E-state index in [1.807, 2.05) is 12.1 Å². The first kappa shape index (κ1) is 20.8. The van der Waals surface area contributed by atoms with Crippen molar-refractivity contribution in [3.05, 3.63) is 78.4 Å². The maximum atomic E-state index is 12.1. The largest absolute Gasteiger partial charge is 0.352 e. The molecule has 1 saturated heterocycles. The molecule has 0 atom stereocenters. The van der Waals surface area contributed by atoms with E-state index in [9.17, 15) is 9.59 Å². The van der Waals surface area contributed by atoms with Gasteiger partial charge in [0.1, 0.15) is 0 Å². The van der Waals surface area contributed by atoms with Gasteiger partial charge in [0.15, 0.2) is 0 Å². The normalized spacial score (nSPS) is 14.9. The molecular weight excluding hydrogens is 362 g/mol. The number of nitrogens with zero attached hydrogens (tertiary/aromatic N) is 1. The number of hydrogen-bond donors (Lipinski definition) is 2. The van der Waals surface area contributed by atoms with Crippen LogP contribution in [-0.4, -0.2) is 36.3 Å². The topological polar surface area (TPSA) is 61.4 Å². The molecule has 0 bridgehead atoms. The predicted octanol–water partition coefficient (Wildman–Crippen LogP) is 3.70. The van der Waals surface area contributed by atoms with Crippen LogP contribution >= 0.6 is 0 Å². The van der Waals surface area contributed by atoms with Crippen LogP contribution in [0.15, 0.2) is 67.3 Å². The summed E-state index contributed by atoms with van der Waals surface area (Å²) in [5.74, 6) is 0.147. The minimum atomic E-state index is -0.265. The highest BCUT2D eigenvalue weighted by molar-refractivity contribution is 5.92. The predicted molar refractivity (Wildman–Crippen MR) is 117 cm³/mol. The van der Waals surface area contributed by atoms with E-state index in [0.717, 1.165) is 38.2 Å². The number of hydrogen-bond acceptors (Lipinski definition) is 3. The Labute approximate surface area is 172 Å². The van der Waals surface area contributed by atoms with Crippen molar-refractivity contribution in [2.45, 2.75) is 31.7 Å². The molecule has 3 rings (SSSR count). The number of rotatable bonds is 8. The summed E-state index contributed by atoms with van der Waals surface area (Å²) in [6.07, 6.45) is 3.68. The van der Waals surface area contributed by atoms with Gasteiger partial charge in [-0.25, -0.2) is 0 Å². The van der Waals surface area contributed by atoms with Crippen LogP contribution in [0.1, 0.15) is 36.3 Å². The second kappa shape index (κ2) is 10.6. The third-order valence-corrected chi connectivity index (χ3v) is 5.32. The van der Waals surface area contributed by atoms with E-state index in [4.69, 9.17) is 0 Å². The molecule has 1 fully saturated rings. The molecule has 5 heteroatoms. The number of piperidine rings is 1. The van der Waals surface area contributed by atoms with Crippen LogP contribution in [0, 0.1) is 0 Å². The van der Waals surface area contributed by atoms with Crippen molar-refractivity contribution in [1.82, 2.24) is 10.2 Å². The molecule has 1 heterocycles. The first-order chi connectivity index (χ1) is 14.1. The highest BCUT2D eigenvalue weighted by Gasteiger charge is 2.21. The SMILES string of the molecule is C=CC(=O)NCCC(=O)Nc1cccc(C2CCN(Cc3ccccc3)CC2)c1. The van der Waals surface area contributed by atoms with Gasteiger partial charge in [0, 0.05) is 25.2 Å². The number of carbonyl (C=O) groups is 2. The number of likely N-dealkylation sites (tertiary alicyclic amines) is 1. The van der Waals surface area contributed by atoms with Crippen LogP contribution < -0.4 is 10.6 Å². The average molecular weight is 392 g/mol. The van der Waals surface area contributed by atoms with Gasteiger partial charge < -0.3 is 10.6 Å². The maximum Gasteiger partial charge on any atom is 0.243 e. The smallest absolute Gasteiger partial charge is 0.243 e. The van der Waals surface area contributed by atoms with E-state index in [1.165, 1.54) is 17.2 Å². The molecule has 1 aliphatic rings. The van der Waals surface area contributed by atoms with Crippen molar-refractivity contribution in [2.24, 2.45) is 0 Å². The van der Waals surface area contributed by atoms with Crippen LogP contribution in [0.3, 0.4) is 0 Å². The summed E-state index contributed by atoms with van der Waals surface area (Å²) in [6, 6.07) is 18.7. The van der Waals surface area contributed by atoms with Gasteiger partial charge in [-0.2, -0.15) is 0 Å². The van der Waals surface area contributed by atoms with E-state index in [-0.39, 0.29) is 18.2 Å². The monoisotopic (exact) mass is 391 g/mol. The summed E-state index contributed by atoms with van der Waals surface area (Å²) in [5, 5.41) is 5.54. The van der Waals surface area contributed by atoms with E-state index < -0.39 is 0 Å². The van der Waals surface area contributed by atoms with E-state index in [1.54, 1.807) is 0 Å². The lowest BCUT2D eigenvalue weighted by Crippen LogP contribution is -2.32. The molecule has 1 aliphatic heterocycles. The Morgan fingerprint density at radius 1 is 1.07 bits per heavy atom. The second-order valence-corrected chi connectivity index (χ2v) is 7.45. The summed E-state index contributed by atoms with van der Waals surface area (Å²) >= 11 is 0. The second-order valence-electron chi connectivity index (χ2n) is 7.45. The molecule has 0 saturated carbocycles. The zero-order valence-corrected chi connectivity index (χ0v) is 16.8. The molecule has 0 radical (unpaired) electrons. The van der Waals surface area contributed by atoms with Crippen LogP contribution in [0.4, 0.5) is 5.69 Å². The van der Waals surface area contributed by atoms with Crippen molar-refractivity contribution in [1.29, 1.82) is 0 Å². The number of benzene rings is 2. The maximum absolute atomic E-state index is 12.1. The van der Waals surface area contributed by atoms with Crippen LogP contribution in [0.5, 0.6) is 0 Å². The van der Waals surface area contributed by atoms with Gasteiger partial charge in [0.2, 0.25) is 11.8 Å². The van der Waals surface area contributed by atoms with E-state index in [0.29, 0.717) is 12.5 Å². The zero-order chi connectivity index (χ0) is 20.5. The van der Waals surface area contributed by atoms with Gasteiger partial charge in [-0.15, -0.1) is 0 Å². The third kappa shape index (κ3) is 6.57. The minimum Gasteiger partial charge on any atom is -0.352 e.